The van der Waals surface area contributed by atoms with E-state index < -0.39 is 0 Å². The number of hydrogen-bond acceptors (Lipinski definition) is 3. The Hall–Kier alpha value is -1.90. The van der Waals surface area contributed by atoms with Gasteiger partial charge in [0.25, 0.3) is 0 Å². The minimum absolute atomic E-state index is 0.0785. The molecule has 0 aliphatic carbocycles. The van der Waals surface area contributed by atoms with Gasteiger partial charge < -0.3 is 5.32 Å². The lowest BCUT2D eigenvalue weighted by Crippen LogP contribution is -2.14. The molecule has 0 saturated heterocycles. The van der Waals surface area contributed by atoms with Gasteiger partial charge in [-0.05, 0) is 41.9 Å². The van der Waals surface area contributed by atoms with Crippen LogP contribution in [0.25, 0.3) is 11.1 Å². The Morgan fingerprint density at radius 2 is 1.57 bits per heavy atom. The lowest BCUT2D eigenvalue weighted by molar-refractivity contribution is 0.590. The van der Waals surface area contributed by atoms with Crippen LogP contribution in [0, 0.1) is 0 Å². The molecule has 23 heavy (non-hydrogen) atoms. The maximum Gasteiger partial charge on any atom is 0.222 e. The first-order valence-electron chi connectivity index (χ1n) is 8.42. The Bertz CT molecular complexity index is 650. The number of rotatable bonds is 4. The Balaban J connectivity index is 2.46. The summed E-state index contributed by atoms with van der Waals surface area (Å²) in [5.74, 6) is 1.21. The maximum absolute atomic E-state index is 4.45. The molecule has 1 N–H and O–H groups in total. The van der Waals surface area contributed by atoms with E-state index in [1.54, 1.807) is 0 Å². The third-order valence-electron chi connectivity index (χ3n) is 3.90. The quantitative estimate of drug-likeness (QED) is 0.823. The largest absolute Gasteiger partial charge is 0.352 e. The molecule has 0 bridgehead atoms. The van der Waals surface area contributed by atoms with Crippen LogP contribution in [-0.2, 0) is 5.41 Å². The van der Waals surface area contributed by atoms with Crippen LogP contribution < -0.4 is 5.32 Å². The second kappa shape index (κ2) is 6.69. The molecule has 2 aromatic rings. The molecule has 1 aromatic carbocycles. The molecule has 0 spiro atoms. The van der Waals surface area contributed by atoms with Crippen LogP contribution in [-0.4, -0.2) is 16.0 Å². The molecule has 0 radical (unpaired) electrons. The topological polar surface area (TPSA) is 37.8 Å². The van der Waals surface area contributed by atoms with Gasteiger partial charge in [0, 0.05) is 24.0 Å². The van der Waals surface area contributed by atoms with Gasteiger partial charge >= 0.3 is 0 Å². The third-order valence-corrected chi connectivity index (χ3v) is 3.90. The van der Waals surface area contributed by atoms with Crippen molar-refractivity contribution in [2.24, 2.45) is 0 Å². The molecule has 3 heteroatoms. The standard InChI is InChI=1S/C20H29N3/c1-13(2)15-8-9-17(18(10-15)20(5,6)7)16-11-21-19(22-12-16)23-14(3)4/h8-14H,1-7H3,(H,21,22,23). The highest BCUT2D eigenvalue weighted by Gasteiger charge is 2.20. The molecule has 3 nitrogen and oxygen atoms in total. The van der Waals surface area contributed by atoms with Crippen LogP contribution in [0.2, 0.25) is 0 Å². The highest BCUT2D eigenvalue weighted by Crippen LogP contribution is 2.34. The summed E-state index contributed by atoms with van der Waals surface area (Å²) < 4.78 is 0. The van der Waals surface area contributed by atoms with Crippen molar-refractivity contribution in [3.05, 3.63) is 41.7 Å². The van der Waals surface area contributed by atoms with Crippen LogP contribution in [0.4, 0.5) is 5.95 Å². The SMILES string of the molecule is CC(C)Nc1ncc(-c2ccc(C(C)C)cc2C(C)(C)C)cn1. The van der Waals surface area contributed by atoms with E-state index in [9.17, 15) is 0 Å². The highest BCUT2D eigenvalue weighted by atomic mass is 15.1. The predicted octanol–water partition coefficient (Wildman–Crippen LogP) is 5.38. The van der Waals surface area contributed by atoms with Crippen molar-refractivity contribution in [2.75, 3.05) is 5.32 Å². The normalized spacial score (nSPS) is 12.0. The molecule has 0 atom stereocenters. The Morgan fingerprint density at radius 3 is 2.04 bits per heavy atom. The van der Waals surface area contributed by atoms with E-state index in [-0.39, 0.29) is 5.41 Å². The van der Waals surface area contributed by atoms with Crippen LogP contribution in [0.5, 0.6) is 0 Å². The first kappa shape index (κ1) is 17.5. The summed E-state index contributed by atoms with van der Waals surface area (Å²) in [7, 11) is 0. The summed E-state index contributed by atoms with van der Waals surface area (Å²) >= 11 is 0. The lowest BCUT2D eigenvalue weighted by atomic mass is 9.80. The number of benzene rings is 1. The zero-order valence-corrected chi connectivity index (χ0v) is 15.4. The molecule has 0 aliphatic rings. The van der Waals surface area contributed by atoms with Crippen LogP contribution in [0.15, 0.2) is 30.6 Å². The van der Waals surface area contributed by atoms with Gasteiger partial charge in [0.15, 0.2) is 0 Å². The number of anilines is 1. The summed E-state index contributed by atoms with van der Waals surface area (Å²) in [6.07, 6.45) is 3.83. The van der Waals surface area contributed by atoms with Crippen molar-refractivity contribution < 1.29 is 0 Å². The van der Waals surface area contributed by atoms with E-state index in [1.165, 1.54) is 16.7 Å². The van der Waals surface area contributed by atoms with Gasteiger partial charge in [0.1, 0.15) is 0 Å². The van der Waals surface area contributed by atoms with Crippen molar-refractivity contribution in [1.29, 1.82) is 0 Å². The minimum atomic E-state index is 0.0785. The summed E-state index contributed by atoms with van der Waals surface area (Å²) in [6, 6.07) is 7.09. The van der Waals surface area contributed by atoms with Crippen molar-refractivity contribution in [3.63, 3.8) is 0 Å². The van der Waals surface area contributed by atoms with Gasteiger partial charge in [-0.2, -0.15) is 0 Å². The molecular weight excluding hydrogens is 282 g/mol. The smallest absolute Gasteiger partial charge is 0.222 e. The van der Waals surface area contributed by atoms with E-state index in [0.717, 1.165) is 5.56 Å². The number of nitrogens with one attached hydrogen (secondary N) is 1. The molecular formula is C20H29N3. The predicted molar refractivity (Wildman–Crippen MR) is 99.0 cm³/mol. The van der Waals surface area contributed by atoms with E-state index in [4.69, 9.17) is 0 Å². The molecule has 0 amide bonds. The van der Waals surface area contributed by atoms with E-state index in [0.29, 0.717) is 17.9 Å². The fraction of sp³-hybridized carbons (Fsp3) is 0.500. The Morgan fingerprint density at radius 1 is 0.957 bits per heavy atom. The summed E-state index contributed by atoms with van der Waals surface area (Å²) in [5.41, 5.74) is 5.09. The van der Waals surface area contributed by atoms with E-state index in [2.05, 4.69) is 82.0 Å². The van der Waals surface area contributed by atoms with Crippen LogP contribution >= 0.6 is 0 Å². The number of hydrogen-bond donors (Lipinski definition) is 1. The third kappa shape index (κ3) is 4.31. The van der Waals surface area contributed by atoms with Gasteiger partial charge in [-0.25, -0.2) is 9.97 Å². The van der Waals surface area contributed by atoms with Crippen molar-refractivity contribution >= 4 is 5.95 Å². The summed E-state index contributed by atoms with van der Waals surface area (Å²) in [4.78, 5) is 8.91. The van der Waals surface area contributed by atoms with Gasteiger partial charge in [0.05, 0.1) is 0 Å². The first-order chi connectivity index (χ1) is 10.7. The average molecular weight is 311 g/mol. The molecule has 0 unspecified atom stereocenters. The fourth-order valence-electron chi connectivity index (χ4n) is 2.59. The molecule has 1 heterocycles. The van der Waals surface area contributed by atoms with Crippen molar-refractivity contribution in [1.82, 2.24) is 9.97 Å². The van der Waals surface area contributed by atoms with Gasteiger partial charge in [-0.15, -0.1) is 0 Å². The Labute approximate surface area is 140 Å². The van der Waals surface area contributed by atoms with Crippen molar-refractivity contribution in [3.8, 4) is 11.1 Å². The minimum Gasteiger partial charge on any atom is -0.352 e. The zero-order chi connectivity index (χ0) is 17.2. The fourth-order valence-corrected chi connectivity index (χ4v) is 2.59. The lowest BCUT2D eigenvalue weighted by Gasteiger charge is -2.24. The van der Waals surface area contributed by atoms with Crippen molar-refractivity contribution in [2.45, 2.75) is 65.8 Å². The van der Waals surface area contributed by atoms with Gasteiger partial charge in [0.2, 0.25) is 5.95 Å². The molecule has 0 aliphatic heterocycles. The molecule has 0 saturated carbocycles. The molecule has 0 fully saturated rings. The second-order valence-electron chi connectivity index (χ2n) is 7.80. The average Bonchev–Trinajstić information content (AvgIpc) is 2.46. The monoisotopic (exact) mass is 311 g/mol. The zero-order valence-electron chi connectivity index (χ0n) is 15.4. The molecule has 1 aromatic heterocycles. The van der Waals surface area contributed by atoms with Crippen LogP contribution in [0.3, 0.4) is 0 Å². The van der Waals surface area contributed by atoms with Gasteiger partial charge in [-0.3, -0.25) is 0 Å². The van der Waals surface area contributed by atoms with Gasteiger partial charge in [-0.1, -0.05) is 52.8 Å². The number of aromatic nitrogens is 2. The second-order valence-corrected chi connectivity index (χ2v) is 7.80. The summed E-state index contributed by atoms with van der Waals surface area (Å²) in [6.45, 7) is 15.4. The molecule has 2 rings (SSSR count). The van der Waals surface area contributed by atoms with Crippen LogP contribution in [0.1, 0.15) is 65.5 Å². The van der Waals surface area contributed by atoms with E-state index in [1.807, 2.05) is 12.4 Å². The first-order valence-corrected chi connectivity index (χ1v) is 8.42. The molecule has 124 valence electrons. The number of nitrogens with zero attached hydrogens (tertiary/aromatic N) is 2. The Kier molecular flexibility index (Phi) is 5.08. The van der Waals surface area contributed by atoms with E-state index >= 15 is 0 Å². The maximum atomic E-state index is 4.45. The highest BCUT2D eigenvalue weighted by molar-refractivity contribution is 5.68. The summed E-state index contributed by atoms with van der Waals surface area (Å²) in [5, 5.41) is 3.23.